The molecule has 4 aliphatic rings. The van der Waals surface area contributed by atoms with Crippen LogP contribution in [-0.2, 0) is 11.8 Å². The molecule has 5 heteroatoms. The number of fused-ring (bicyclic) bond motifs is 7. The number of aromatic nitrogens is 1. The molecular formula is C28H31N3OS. The summed E-state index contributed by atoms with van der Waals surface area (Å²) in [6.07, 6.45) is 11.8. The Hall–Kier alpha value is -2.29. The second-order valence-electron chi connectivity index (χ2n) is 11.0. The van der Waals surface area contributed by atoms with E-state index in [4.69, 9.17) is 4.98 Å². The number of allylic oxidation sites excluding steroid dienone is 1. The predicted octanol–water partition coefficient (Wildman–Crippen LogP) is 6.10. The van der Waals surface area contributed by atoms with Gasteiger partial charge < -0.3 is 5.11 Å². The van der Waals surface area contributed by atoms with E-state index in [0.29, 0.717) is 17.4 Å². The Kier molecular flexibility index (Phi) is 4.91. The van der Waals surface area contributed by atoms with Gasteiger partial charge in [0.2, 0.25) is 5.13 Å². The lowest BCUT2D eigenvalue weighted by atomic mass is 9.48. The van der Waals surface area contributed by atoms with Gasteiger partial charge in [-0.3, -0.25) is 0 Å². The van der Waals surface area contributed by atoms with Crippen LogP contribution in [0.15, 0.2) is 40.9 Å². The van der Waals surface area contributed by atoms with E-state index in [1.165, 1.54) is 29.0 Å². The molecule has 1 aromatic heterocycles. The molecule has 0 amide bonds. The Labute approximate surface area is 200 Å². The third-order valence-electron chi connectivity index (χ3n) is 9.50. The summed E-state index contributed by atoms with van der Waals surface area (Å²) in [6.45, 7) is 4.93. The minimum Gasteiger partial charge on any atom is -0.393 e. The van der Waals surface area contributed by atoms with Crippen LogP contribution in [0.4, 0.5) is 5.13 Å². The SMILES string of the molecule is C[C@]12CC[C@H](O)CC1=CCC1C2CC[C@]2(C)c3nc(/N=C/c4ccccc4C#N)sc3CC12. The Balaban J connectivity index is 1.27. The molecule has 2 saturated carbocycles. The molecular weight excluding hydrogens is 426 g/mol. The van der Waals surface area contributed by atoms with E-state index in [1.807, 2.05) is 24.3 Å². The smallest absolute Gasteiger partial charge is 0.209 e. The van der Waals surface area contributed by atoms with Crippen molar-refractivity contribution in [3.8, 4) is 6.07 Å². The molecule has 0 radical (unpaired) electrons. The van der Waals surface area contributed by atoms with Crippen LogP contribution in [0.5, 0.6) is 0 Å². The second-order valence-corrected chi connectivity index (χ2v) is 12.1. The molecule has 1 N–H and O–H groups in total. The van der Waals surface area contributed by atoms with Gasteiger partial charge in [-0.1, -0.05) is 55.0 Å². The fourth-order valence-electron chi connectivity index (χ4n) is 7.65. The molecule has 0 bridgehead atoms. The number of benzene rings is 1. The number of nitriles is 1. The van der Waals surface area contributed by atoms with E-state index in [1.54, 1.807) is 17.6 Å². The molecule has 4 aliphatic carbocycles. The van der Waals surface area contributed by atoms with Crippen molar-refractivity contribution in [2.75, 3.05) is 0 Å². The average molecular weight is 458 g/mol. The number of aliphatic imine (C=N–C) groups is 1. The minimum atomic E-state index is -0.142. The molecule has 1 heterocycles. The summed E-state index contributed by atoms with van der Waals surface area (Å²) >= 11 is 1.74. The van der Waals surface area contributed by atoms with E-state index >= 15 is 0 Å². The highest BCUT2D eigenvalue weighted by Crippen LogP contribution is 2.64. The first-order valence-corrected chi connectivity index (χ1v) is 13.1. The van der Waals surface area contributed by atoms with Gasteiger partial charge in [0.25, 0.3) is 0 Å². The maximum absolute atomic E-state index is 10.2. The van der Waals surface area contributed by atoms with Crippen LogP contribution in [0.2, 0.25) is 0 Å². The Morgan fingerprint density at radius 1 is 1.15 bits per heavy atom. The van der Waals surface area contributed by atoms with E-state index in [-0.39, 0.29) is 16.9 Å². The monoisotopic (exact) mass is 457 g/mol. The number of thiazole rings is 1. The molecule has 0 saturated heterocycles. The van der Waals surface area contributed by atoms with Gasteiger partial charge in [-0.2, -0.15) is 5.26 Å². The number of nitrogens with zero attached hydrogens (tertiary/aromatic N) is 3. The summed E-state index contributed by atoms with van der Waals surface area (Å²) in [7, 11) is 0. The summed E-state index contributed by atoms with van der Waals surface area (Å²) in [5, 5.41) is 20.4. The van der Waals surface area contributed by atoms with Crippen LogP contribution in [-0.4, -0.2) is 22.4 Å². The largest absolute Gasteiger partial charge is 0.393 e. The maximum atomic E-state index is 10.2. The highest BCUT2D eigenvalue weighted by molar-refractivity contribution is 7.15. The molecule has 0 aliphatic heterocycles. The summed E-state index contributed by atoms with van der Waals surface area (Å²) < 4.78 is 0. The lowest BCUT2D eigenvalue weighted by molar-refractivity contribution is -0.0169. The van der Waals surface area contributed by atoms with Crippen molar-refractivity contribution < 1.29 is 5.11 Å². The number of aliphatic hydroxyl groups is 1. The molecule has 2 aromatic rings. The highest BCUT2D eigenvalue weighted by atomic mass is 32.1. The van der Waals surface area contributed by atoms with Crippen molar-refractivity contribution in [3.05, 3.63) is 57.6 Å². The van der Waals surface area contributed by atoms with Crippen LogP contribution >= 0.6 is 11.3 Å². The molecule has 3 unspecified atom stereocenters. The zero-order chi connectivity index (χ0) is 22.8. The Morgan fingerprint density at radius 3 is 2.82 bits per heavy atom. The van der Waals surface area contributed by atoms with Crippen molar-refractivity contribution >= 4 is 22.7 Å². The number of rotatable bonds is 2. The van der Waals surface area contributed by atoms with Crippen molar-refractivity contribution in [2.45, 2.75) is 70.3 Å². The van der Waals surface area contributed by atoms with Gasteiger partial charge in [0.1, 0.15) is 0 Å². The normalized spacial score (nSPS) is 37.0. The molecule has 6 atom stereocenters. The number of hydrogen-bond acceptors (Lipinski definition) is 5. The molecule has 0 spiro atoms. The number of aliphatic hydroxyl groups excluding tert-OH is 1. The zero-order valence-corrected chi connectivity index (χ0v) is 20.2. The topological polar surface area (TPSA) is 69.3 Å². The maximum Gasteiger partial charge on any atom is 0.209 e. The first-order chi connectivity index (χ1) is 15.9. The lowest BCUT2D eigenvalue weighted by Crippen LogP contribution is -2.51. The van der Waals surface area contributed by atoms with Gasteiger partial charge in [-0.25, -0.2) is 9.98 Å². The van der Waals surface area contributed by atoms with Gasteiger partial charge in [-0.05, 0) is 74.2 Å². The zero-order valence-electron chi connectivity index (χ0n) is 19.4. The fraction of sp³-hybridized carbons (Fsp3) is 0.536. The quantitative estimate of drug-likeness (QED) is 0.437. The minimum absolute atomic E-state index is 0.140. The Morgan fingerprint density at radius 2 is 1.97 bits per heavy atom. The van der Waals surface area contributed by atoms with Gasteiger partial charge in [0.15, 0.2) is 0 Å². The first kappa shape index (κ1) is 21.3. The molecule has 33 heavy (non-hydrogen) atoms. The van der Waals surface area contributed by atoms with E-state index < -0.39 is 0 Å². The molecule has 4 nitrogen and oxygen atoms in total. The molecule has 6 rings (SSSR count). The standard InChI is InChI=1S/C28H31N3OS/c1-27-11-9-20(32)13-19(27)7-8-21-22(27)10-12-28(2)23(21)14-24-25(28)31-26(33-24)30-16-18-6-4-3-5-17(18)15-29/h3-7,16,20-23,32H,8-14H2,1-2H3/b30-16+/t20-,21?,22?,23?,27-,28-/m0/s1. The third kappa shape index (κ3) is 3.18. The van der Waals surface area contributed by atoms with Crippen molar-refractivity contribution in [1.29, 1.82) is 5.26 Å². The summed E-state index contributed by atoms with van der Waals surface area (Å²) in [5.41, 5.74) is 4.72. The van der Waals surface area contributed by atoms with Gasteiger partial charge in [0.05, 0.1) is 23.4 Å². The van der Waals surface area contributed by atoms with Gasteiger partial charge >= 0.3 is 0 Å². The summed E-state index contributed by atoms with van der Waals surface area (Å²) in [6, 6.07) is 9.81. The fourth-order valence-corrected chi connectivity index (χ4v) is 8.75. The third-order valence-corrected chi connectivity index (χ3v) is 10.5. The van der Waals surface area contributed by atoms with Gasteiger partial charge in [-0.15, -0.1) is 0 Å². The predicted molar refractivity (Wildman–Crippen MR) is 132 cm³/mol. The van der Waals surface area contributed by atoms with E-state index in [9.17, 15) is 10.4 Å². The van der Waals surface area contributed by atoms with Crippen LogP contribution in [0.25, 0.3) is 0 Å². The van der Waals surface area contributed by atoms with Crippen molar-refractivity contribution in [3.63, 3.8) is 0 Å². The van der Waals surface area contributed by atoms with Crippen LogP contribution in [0.3, 0.4) is 0 Å². The van der Waals surface area contributed by atoms with Crippen LogP contribution in [0.1, 0.15) is 74.1 Å². The summed E-state index contributed by atoms with van der Waals surface area (Å²) in [4.78, 5) is 11.1. The van der Waals surface area contributed by atoms with E-state index in [2.05, 4.69) is 31.0 Å². The van der Waals surface area contributed by atoms with Crippen LogP contribution < -0.4 is 0 Å². The van der Waals surface area contributed by atoms with E-state index in [0.717, 1.165) is 48.7 Å². The number of hydrogen-bond donors (Lipinski definition) is 1. The Bertz CT molecular complexity index is 1210. The van der Waals surface area contributed by atoms with Crippen molar-refractivity contribution in [2.24, 2.45) is 28.2 Å². The molecule has 1 aromatic carbocycles. The second kappa shape index (κ2) is 7.61. The van der Waals surface area contributed by atoms with Crippen LogP contribution in [0, 0.1) is 34.5 Å². The lowest BCUT2D eigenvalue weighted by Gasteiger charge is -2.57. The average Bonchev–Trinajstić information content (AvgIpc) is 3.35. The highest BCUT2D eigenvalue weighted by Gasteiger charge is 2.58. The van der Waals surface area contributed by atoms with Crippen molar-refractivity contribution in [1.82, 2.24) is 4.98 Å². The first-order valence-electron chi connectivity index (χ1n) is 12.3. The summed E-state index contributed by atoms with van der Waals surface area (Å²) in [5.74, 6) is 2.10. The van der Waals surface area contributed by atoms with Gasteiger partial charge in [0, 0.05) is 22.1 Å². The molecule has 170 valence electrons. The molecule has 2 fully saturated rings.